The Hall–Kier alpha value is -1.53. The van der Waals surface area contributed by atoms with Crippen LogP contribution in [0.25, 0.3) is 0 Å². The molecule has 0 aliphatic carbocycles. The van der Waals surface area contributed by atoms with Gasteiger partial charge in [0.25, 0.3) is 0 Å². The van der Waals surface area contributed by atoms with E-state index in [9.17, 15) is 13.2 Å². The fourth-order valence-corrected chi connectivity index (χ4v) is 1.53. The van der Waals surface area contributed by atoms with E-state index in [4.69, 9.17) is 10.5 Å². The zero-order chi connectivity index (χ0) is 14.3. The Morgan fingerprint density at radius 3 is 2.47 bits per heavy atom. The normalized spacial score (nSPS) is 11.6. The highest BCUT2D eigenvalue weighted by Gasteiger charge is 2.35. The monoisotopic (exact) mass is 277 g/mol. The summed E-state index contributed by atoms with van der Waals surface area (Å²) in [5, 5.41) is 0. The van der Waals surface area contributed by atoms with Crippen LogP contribution in [0.3, 0.4) is 0 Å². The van der Waals surface area contributed by atoms with E-state index in [-0.39, 0.29) is 11.7 Å². The number of hydrogen-bond donors (Lipinski definition) is 1. The number of nitrogens with two attached hydrogens (primary N) is 1. The van der Waals surface area contributed by atoms with Gasteiger partial charge >= 0.3 is 6.18 Å². The summed E-state index contributed by atoms with van der Waals surface area (Å²) in [6, 6.07) is 1.20. The molecule has 0 aliphatic rings. The molecular formula is C12H18F3N3O. The molecule has 0 aromatic carbocycles. The molecule has 0 saturated heterocycles. The Labute approximate surface area is 110 Å². The highest BCUT2D eigenvalue weighted by Crippen LogP contribution is 2.28. The molecule has 1 heterocycles. The Kier molecular flexibility index (Phi) is 5.85. The molecular weight excluding hydrogens is 259 g/mol. The fraction of sp³-hybridized carbons (Fsp3) is 0.667. The van der Waals surface area contributed by atoms with E-state index in [0.717, 1.165) is 32.1 Å². The Morgan fingerprint density at radius 2 is 1.84 bits per heavy atom. The lowest BCUT2D eigenvalue weighted by atomic mass is 10.2. The molecule has 4 nitrogen and oxygen atoms in total. The van der Waals surface area contributed by atoms with Crippen LogP contribution in [0, 0.1) is 0 Å². The summed E-state index contributed by atoms with van der Waals surface area (Å²) in [6.07, 6.45) is 0.539. The van der Waals surface area contributed by atoms with Gasteiger partial charge in [-0.1, -0.05) is 32.6 Å². The zero-order valence-electron chi connectivity index (χ0n) is 10.8. The second-order valence-electron chi connectivity index (χ2n) is 4.22. The summed E-state index contributed by atoms with van der Waals surface area (Å²) >= 11 is 0. The Morgan fingerprint density at radius 1 is 1.16 bits per heavy atom. The number of alkyl halides is 3. The second kappa shape index (κ2) is 7.16. The van der Waals surface area contributed by atoms with Gasteiger partial charge in [-0.05, 0) is 6.42 Å². The molecule has 1 aromatic rings. The molecule has 0 bridgehead atoms. The van der Waals surface area contributed by atoms with E-state index in [2.05, 4.69) is 16.9 Å². The van der Waals surface area contributed by atoms with Crippen molar-refractivity contribution in [2.24, 2.45) is 0 Å². The zero-order valence-corrected chi connectivity index (χ0v) is 10.8. The maximum atomic E-state index is 12.4. The lowest BCUT2D eigenvalue weighted by Gasteiger charge is -2.09. The first kappa shape index (κ1) is 15.5. The number of aromatic nitrogens is 2. The van der Waals surface area contributed by atoms with Gasteiger partial charge in [-0.15, -0.1) is 0 Å². The maximum absolute atomic E-state index is 12.4. The van der Waals surface area contributed by atoms with Gasteiger partial charge in [-0.25, -0.2) is 4.98 Å². The van der Waals surface area contributed by atoms with Gasteiger partial charge in [0.1, 0.15) is 5.82 Å². The second-order valence-corrected chi connectivity index (χ2v) is 4.22. The van der Waals surface area contributed by atoms with Crippen LogP contribution >= 0.6 is 0 Å². The number of hydrogen-bond acceptors (Lipinski definition) is 4. The summed E-state index contributed by atoms with van der Waals surface area (Å²) in [4.78, 5) is 6.44. The van der Waals surface area contributed by atoms with E-state index in [0.29, 0.717) is 6.61 Å². The van der Waals surface area contributed by atoms with Crippen molar-refractivity contribution >= 4 is 5.82 Å². The molecule has 1 rings (SSSR count). The number of unbranched alkanes of at least 4 members (excludes halogenated alkanes) is 4. The van der Waals surface area contributed by atoms with Crippen LogP contribution in [-0.4, -0.2) is 16.6 Å². The number of ether oxygens (including phenoxy) is 1. The third kappa shape index (κ3) is 5.76. The molecule has 0 fully saturated rings. The van der Waals surface area contributed by atoms with Crippen LogP contribution in [0.4, 0.5) is 19.0 Å². The largest absolute Gasteiger partial charge is 0.478 e. The van der Waals surface area contributed by atoms with E-state index >= 15 is 0 Å². The summed E-state index contributed by atoms with van der Waals surface area (Å²) in [5.41, 5.74) is 5.29. The number of nitrogen functional groups attached to an aromatic ring is 1. The van der Waals surface area contributed by atoms with Crippen molar-refractivity contribution in [2.45, 2.75) is 45.2 Å². The molecule has 0 amide bonds. The van der Waals surface area contributed by atoms with Crippen LogP contribution in [0.1, 0.15) is 44.9 Å². The van der Waals surface area contributed by atoms with E-state index in [1.54, 1.807) is 0 Å². The molecule has 1 aromatic heterocycles. The summed E-state index contributed by atoms with van der Waals surface area (Å²) < 4.78 is 42.5. The number of halogens is 3. The van der Waals surface area contributed by atoms with Crippen molar-refractivity contribution in [1.29, 1.82) is 0 Å². The third-order valence-electron chi connectivity index (χ3n) is 2.47. The van der Waals surface area contributed by atoms with Crippen LogP contribution in [0.15, 0.2) is 6.07 Å². The quantitative estimate of drug-likeness (QED) is 0.776. The molecule has 19 heavy (non-hydrogen) atoms. The standard InChI is InChI=1S/C12H18F3N3O/c1-2-3-4-5-6-7-19-10-8-9(16)17-11(18-10)12(13,14)15/h8H,2-7H2,1H3,(H2,16,17,18). The predicted octanol–water partition coefficient (Wildman–Crippen LogP) is 3.43. The van der Waals surface area contributed by atoms with E-state index in [1.165, 1.54) is 6.07 Å². The minimum absolute atomic E-state index is 0.129. The summed E-state index contributed by atoms with van der Waals surface area (Å²) in [7, 11) is 0. The Balaban J connectivity index is 2.48. The lowest BCUT2D eigenvalue weighted by Crippen LogP contribution is -2.13. The van der Waals surface area contributed by atoms with E-state index in [1.807, 2.05) is 0 Å². The number of nitrogens with zero attached hydrogens (tertiary/aromatic N) is 2. The maximum Gasteiger partial charge on any atom is 0.451 e. The average Bonchev–Trinajstić information content (AvgIpc) is 2.32. The van der Waals surface area contributed by atoms with Crippen molar-refractivity contribution in [2.75, 3.05) is 12.3 Å². The lowest BCUT2D eigenvalue weighted by molar-refractivity contribution is -0.145. The van der Waals surface area contributed by atoms with Crippen LogP contribution < -0.4 is 10.5 Å². The molecule has 7 heteroatoms. The highest BCUT2D eigenvalue weighted by molar-refractivity contribution is 5.33. The SMILES string of the molecule is CCCCCCCOc1cc(N)nc(C(F)(F)F)n1. The predicted molar refractivity (Wildman–Crippen MR) is 65.7 cm³/mol. The smallest absolute Gasteiger partial charge is 0.451 e. The highest BCUT2D eigenvalue weighted by atomic mass is 19.4. The first-order chi connectivity index (χ1) is 8.93. The van der Waals surface area contributed by atoms with Gasteiger partial charge in [-0.3, -0.25) is 0 Å². The minimum Gasteiger partial charge on any atom is -0.478 e. The molecule has 0 unspecified atom stereocenters. The fourth-order valence-electron chi connectivity index (χ4n) is 1.53. The Bertz CT molecular complexity index is 396. The first-order valence-electron chi connectivity index (χ1n) is 6.28. The topological polar surface area (TPSA) is 61.0 Å². The van der Waals surface area contributed by atoms with Crippen molar-refractivity contribution in [1.82, 2.24) is 9.97 Å². The van der Waals surface area contributed by atoms with Crippen molar-refractivity contribution in [3.05, 3.63) is 11.9 Å². The van der Waals surface area contributed by atoms with Gasteiger partial charge in [0.05, 0.1) is 6.61 Å². The minimum atomic E-state index is -4.62. The molecule has 2 N–H and O–H groups in total. The summed E-state index contributed by atoms with van der Waals surface area (Å²) in [5.74, 6) is -1.65. The van der Waals surface area contributed by atoms with Gasteiger partial charge in [0, 0.05) is 6.07 Å². The molecule has 0 atom stereocenters. The van der Waals surface area contributed by atoms with Crippen molar-refractivity contribution in [3.63, 3.8) is 0 Å². The summed E-state index contributed by atoms with van der Waals surface area (Å²) in [6.45, 7) is 2.44. The van der Waals surface area contributed by atoms with Crippen molar-refractivity contribution < 1.29 is 17.9 Å². The number of anilines is 1. The van der Waals surface area contributed by atoms with Gasteiger partial charge in [-0.2, -0.15) is 18.2 Å². The van der Waals surface area contributed by atoms with Gasteiger partial charge in [0.15, 0.2) is 0 Å². The van der Waals surface area contributed by atoms with E-state index < -0.39 is 12.0 Å². The molecule has 0 spiro atoms. The van der Waals surface area contributed by atoms with Gasteiger partial charge < -0.3 is 10.5 Å². The molecule has 0 radical (unpaired) electrons. The van der Waals surface area contributed by atoms with Crippen molar-refractivity contribution in [3.8, 4) is 5.88 Å². The van der Waals surface area contributed by atoms with Crippen LogP contribution in [0.2, 0.25) is 0 Å². The number of rotatable bonds is 7. The van der Waals surface area contributed by atoms with Crippen LogP contribution in [0.5, 0.6) is 5.88 Å². The van der Waals surface area contributed by atoms with Gasteiger partial charge in [0.2, 0.25) is 11.7 Å². The van der Waals surface area contributed by atoms with Crippen LogP contribution in [-0.2, 0) is 6.18 Å². The first-order valence-corrected chi connectivity index (χ1v) is 6.28. The molecule has 0 aliphatic heterocycles. The molecule has 0 saturated carbocycles. The molecule has 108 valence electrons. The average molecular weight is 277 g/mol. The third-order valence-corrected chi connectivity index (χ3v) is 2.47.